The van der Waals surface area contributed by atoms with Gasteiger partial charge in [0.05, 0.1) is 0 Å². The predicted octanol–water partition coefficient (Wildman–Crippen LogP) is 5.05. The summed E-state index contributed by atoms with van der Waals surface area (Å²) in [4.78, 5) is 10.9. The van der Waals surface area contributed by atoms with Crippen LogP contribution < -0.4 is 0 Å². The van der Waals surface area contributed by atoms with Crippen molar-refractivity contribution in [2.75, 3.05) is 0 Å². The number of fused-ring (bicyclic) bond motifs is 1. The molecule has 22 heavy (non-hydrogen) atoms. The first-order chi connectivity index (χ1) is 10.9. The van der Waals surface area contributed by atoms with E-state index >= 15 is 0 Å². The second-order valence-corrected chi connectivity index (χ2v) is 5.38. The molecule has 3 aromatic rings. The molecule has 0 aliphatic heterocycles. The summed E-state index contributed by atoms with van der Waals surface area (Å²) in [5, 5.41) is 2.53. The van der Waals surface area contributed by atoms with Crippen LogP contribution in [-0.2, 0) is 11.2 Å². The molecular formula is C21H18O. The molecule has 3 aromatic carbocycles. The summed E-state index contributed by atoms with van der Waals surface area (Å²) < 4.78 is 0. The molecular weight excluding hydrogens is 268 g/mol. The summed E-state index contributed by atoms with van der Waals surface area (Å²) in [7, 11) is 0. The lowest BCUT2D eigenvalue weighted by Crippen LogP contribution is -1.91. The number of aryl methyl sites for hydroxylation is 1. The first-order valence-corrected chi connectivity index (χ1v) is 7.54. The van der Waals surface area contributed by atoms with Crippen molar-refractivity contribution >= 4 is 22.6 Å². The highest BCUT2D eigenvalue weighted by Gasteiger charge is 2.03. The second-order valence-electron chi connectivity index (χ2n) is 5.38. The number of rotatable bonds is 5. The number of carbonyl (C=O) groups is 1. The Balaban J connectivity index is 1.79. The average molecular weight is 286 g/mol. The Kier molecular flexibility index (Phi) is 4.45. The van der Waals surface area contributed by atoms with Gasteiger partial charge in [-0.15, -0.1) is 0 Å². The molecule has 1 heteroatoms. The molecule has 0 unspecified atom stereocenters. The van der Waals surface area contributed by atoms with Gasteiger partial charge in [0.1, 0.15) is 6.29 Å². The van der Waals surface area contributed by atoms with Gasteiger partial charge in [-0.1, -0.05) is 72.8 Å². The maximum Gasteiger partial charge on any atom is 0.143 e. The van der Waals surface area contributed by atoms with E-state index in [9.17, 15) is 4.79 Å². The number of aldehydes is 1. The number of carbonyl (C=O) groups excluding carboxylic acids is 1. The molecule has 108 valence electrons. The molecule has 0 N–H and O–H groups in total. The Bertz CT molecular complexity index is 800. The van der Waals surface area contributed by atoms with Gasteiger partial charge in [-0.2, -0.15) is 0 Å². The normalized spacial score (nSPS) is 11.5. The Morgan fingerprint density at radius 2 is 1.55 bits per heavy atom. The van der Waals surface area contributed by atoms with Gasteiger partial charge < -0.3 is 0 Å². The van der Waals surface area contributed by atoms with Gasteiger partial charge >= 0.3 is 0 Å². The van der Waals surface area contributed by atoms with Crippen molar-refractivity contribution in [2.45, 2.75) is 12.8 Å². The number of allylic oxidation sites excluding steroid dienone is 2. The third-order valence-electron chi connectivity index (χ3n) is 3.91. The molecule has 0 heterocycles. The van der Waals surface area contributed by atoms with E-state index in [1.807, 2.05) is 18.2 Å². The van der Waals surface area contributed by atoms with Gasteiger partial charge in [0.15, 0.2) is 0 Å². The van der Waals surface area contributed by atoms with Crippen LogP contribution in [0.1, 0.15) is 17.5 Å². The van der Waals surface area contributed by atoms with Crippen molar-refractivity contribution in [1.29, 1.82) is 0 Å². The molecule has 0 aromatic heterocycles. The zero-order valence-electron chi connectivity index (χ0n) is 12.4. The van der Waals surface area contributed by atoms with Crippen LogP contribution in [0.2, 0.25) is 0 Å². The van der Waals surface area contributed by atoms with E-state index in [4.69, 9.17) is 0 Å². The van der Waals surface area contributed by atoms with Crippen LogP contribution in [0.25, 0.3) is 16.3 Å². The highest BCUT2D eigenvalue weighted by molar-refractivity contribution is 5.83. The molecule has 0 amide bonds. The lowest BCUT2D eigenvalue weighted by atomic mass is 9.97. The van der Waals surface area contributed by atoms with E-state index in [1.54, 1.807) is 6.08 Å². The number of benzene rings is 3. The minimum absolute atomic E-state index is 0.862. The average Bonchev–Trinajstić information content (AvgIpc) is 2.59. The summed E-state index contributed by atoms with van der Waals surface area (Å²) >= 11 is 0. The van der Waals surface area contributed by atoms with Crippen molar-refractivity contribution < 1.29 is 4.79 Å². The predicted molar refractivity (Wildman–Crippen MR) is 92.8 cm³/mol. The van der Waals surface area contributed by atoms with Gasteiger partial charge in [-0.25, -0.2) is 0 Å². The van der Waals surface area contributed by atoms with E-state index in [-0.39, 0.29) is 0 Å². The van der Waals surface area contributed by atoms with Crippen LogP contribution in [0.5, 0.6) is 0 Å². The van der Waals surface area contributed by atoms with Gasteiger partial charge in [0, 0.05) is 0 Å². The molecule has 0 aliphatic rings. The lowest BCUT2D eigenvalue weighted by molar-refractivity contribution is -0.104. The third kappa shape index (κ3) is 3.32. The zero-order valence-corrected chi connectivity index (χ0v) is 12.4. The summed E-state index contributed by atoms with van der Waals surface area (Å²) in [5.74, 6) is 0. The minimum atomic E-state index is 0.862. The number of hydrogen-bond acceptors (Lipinski definition) is 1. The summed E-state index contributed by atoms with van der Waals surface area (Å²) in [6.07, 6.45) is 4.35. The lowest BCUT2D eigenvalue weighted by Gasteiger charge is -2.08. The van der Waals surface area contributed by atoms with Crippen molar-refractivity contribution in [1.82, 2.24) is 0 Å². The van der Waals surface area contributed by atoms with Crippen LogP contribution in [-0.4, -0.2) is 6.29 Å². The van der Waals surface area contributed by atoms with E-state index in [1.165, 1.54) is 16.3 Å². The Morgan fingerprint density at radius 3 is 2.32 bits per heavy atom. The second kappa shape index (κ2) is 6.86. The van der Waals surface area contributed by atoms with Gasteiger partial charge in [0.2, 0.25) is 0 Å². The fraction of sp³-hybridized carbons (Fsp3) is 0.0952. The molecule has 3 rings (SSSR count). The van der Waals surface area contributed by atoms with Crippen molar-refractivity contribution in [3.63, 3.8) is 0 Å². The topological polar surface area (TPSA) is 17.1 Å². The molecule has 1 nitrogen and oxygen atoms in total. The molecule has 0 radical (unpaired) electrons. The van der Waals surface area contributed by atoms with Crippen LogP contribution in [0, 0.1) is 0 Å². The Hall–Kier alpha value is -2.67. The smallest absolute Gasteiger partial charge is 0.143 e. The first-order valence-electron chi connectivity index (χ1n) is 7.54. The molecule has 0 atom stereocenters. The monoisotopic (exact) mass is 286 g/mol. The third-order valence-corrected chi connectivity index (χ3v) is 3.91. The zero-order chi connectivity index (χ0) is 15.2. The SMILES string of the molecule is O=C/C=C(\CCc1ccc2ccccc2c1)c1ccccc1. The quantitative estimate of drug-likeness (QED) is 0.473. The van der Waals surface area contributed by atoms with Crippen molar-refractivity contribution in [2.24, 2.45) is 0 Å². The van der Waals surface area contributed by atoms with Crippen LogP contribution in [0.15, 0.2) is 78.9 Å². The van der Waals surface area contributed by atoms with Gasteiger partial charge in [-0.3, -0.25) is 4.79 Å². The van der Waals surface area contributed by atoms with E-state index < -0.39 is 0 Å². The molecule has 0 bridgehead atoms. The largest absolute Gasteiger partial charge is 0.299 e. The Labute approximate surface area is 130 Å². The molecule has 0 spiro atoms. The van der Waals surface area contributed by atoms with Crippen molar-refractivity contribution in [3.8, 4) is 0 Å². The highest BCUT2D eigenvalue weighted by atomic mass is 16.1. The molecule has 0 saturated heterocycles. The minimum Gasteiger partial charge on any atom is -0.299 e. The van der Waals surface area contributed by atoms with Crippen LogP contribution >= 0.6 is 0 Å². The molecule has 0 aliphatic carbocycles. The summed E-state index contributed by atoms with van der Waals surface area (Å²) in [6, 6.07) is 25.1. The maximum absolute atomic E-state index is 10.9. The Morgan fingerprint density at radius 1 is 0.818 bits per heavy atom. The van der Waals surface area contributed by atoms with E-state index in [2.05, 4.69) is 54.6 Å². The fourth-order valence-electron chi connectivity index (χ4n) is 2.73. The van der Waals surface area contributed by atoms with Crippen molar-refractivity contribution in [3.05, 3.63) is 90.0 Å². The van der Waals surface area contributed by atoms with Crippen LogP contribution in [0.3, 0.4) is 0 Å². The van der Waals surface area contributed by atoms with Gasteiger partial charge in [-0.05, 0) is 46.4 Å². The number of hydrogen-bond donors (Lipinski definition) is 0. The summed E-state index contributed by atoms with van der Waals surface area (Å²) in [5.41, 5.74) is 3.51. The standard InChI is InChI=1S/C21H18O/c22-15-14-20(18-6-2-1-3-7-18)13-11-17-10-12-19-8-4-5-9-21(19)16-17/h1-10,12,14-16H,11,13H2/b20-14+. The van der Waals surface area contributed by atoms with E-state index in [0.717, 1.165) is 30.3 Å². The summed E-state index contributed by atoms with van der Waals surface area (Å²) in [6.45, 7) is 0. The van der Waals surface area contributed by atoms with Gasteiger partial charge in [0.25, 0.3) is 0 Å². The molecule has 0 fully saturated rings. The first kappa shape index (κ1) is 14.3. The fourth-order valence-corrected chi connectivity index (χ4v) is 2.73. The maximum atomic E-state index is 10.9. The van der Waals surface area contributed by atoms with Crippen LogP contribution in [0.4, 0.5) is 0 Å². The molecule has 0 saturated carbocycles. The highest BCUT2D eigenvalue weighted by Crippen LogP contribution is 2.22. The van der Waals surface area contributed by atoms with E-state index in [0.29, 0.717) is 0 Å².